The molecular weight excluding hydrogens is 320 g/mol. The molecule has 0 spiro atoms. The Morgan fingerprint density at radius 2 is 1.96 bits per heavy atom. The molecule has 0 N–H and O–H groups in total. The van der Waals surface area contributed by atoms with Gasteiger partial charge in [-0.05, 0) is 24.3 Å². The Morgan fingerprint density at radius 3 is 2.71 bits per heavy atom. The number of aromatic nitrogens is 2. The molecule has 5 nitrogen and oxygen atoms in total. The number of hydrogen-bond donors (Lipinski definition) is 0. The van der Waals surface area contributed by atoms with Crippen LogP contribution in [0.25, 0.3) is 10.2 Å². The van der Waals surface area contributed by atoms with Crippen molar-refractivity contribution in [3.8, 4) is 5.75 Å². The van der Waals surface area contributed by atoms with Gasteiger partial charge in [-0.3, -0.25) is 9.88 Å². The van der Waals surface area contributed by atoms with E-state index in [2.05, 4.69) is 26.9 Å². The minimum Gasteiger partial charge on any atom is -0.495 e. The lowest BCUT2D eigenvalue weighted by Gasteiger charge is -2.34. The van der Waals surface area contributed by atoms with Gasteiger partial charge >= 0.3 is 0 Å². The number of anilines is 1. The molecule has 4 rings (SSSR count). The second-order valence-corrected chi connectivity index (χ2v) is 6.87. The third-order valence-corrected chi connectivity index (χ3v) is 5.49. The van der Waals surface area contributed by atoms with Crippen molar-refractivity contribution < 1.29 is 4.74 Å². The molecule has 0 bridgehead atoms. The molecule has 1 saturated heterocycles. The number of thiazole rings is 1. The quantitative estimate of drug-likeness (QED) is 0.730. The second-order valence-electron chi connectivity index (χ2n) is 5.89. The van der Waals surface area contributed by atoms with Gasteiger partial charge in [-0.2, -0.15) is 0 Å². The maximum atomic E-state index is 5.45. The number of hydrogen-bond acceptors (Lipinski definition) is 6. The van der Waals surface area contributed by atoms with Gasteiger partial charge in [0.05, 0.1) is 23.0 Å². The SMILES string of the molecule is COc1cccc2nc(N3CCN(Cc4ccccn4)CC3)sc12. The van der Waals surface area contributed by atoms with Crippen LogP contribution in [0.4, 0.5) is 5.13 Å². The summed E-state index contributed by atoms with van der Waals surface area (Å²) in [6, 6.07) is 12.1. The third kappa shape index (κ3) is 3.07. The van der Waals surface area contributed by atoms with Gasteiger partial charge in [-0.15, -0.1) is 0 Å². The Balaban J connectivity index is 1.44. The van der Waals surface area contributed by atoms with Crippen LogP contribution in [0.1, 0.15) is 5.69 Å². The van der Waals surface area contributed by atoms with Gasteiger partial charge in [0.15, 0.2) is 5.13 Å². The first-order valence-electron chi connectivity index (χ1n) is 8.14. The molecule has 0 atom stereocenters. The summed E-state index contributed by atoms with van der Waals surface area (Å²) < 4.78 is 6.58. The lowest BCUT2D eigenvalue weighted by Crippen LogP contribution is -2.46. The van der Waals surface area contributed by atoms with Crippen molar-refractivity contribution in [3.63, 3.8) is 0 Å². The fraction of sp³-hybridized carbons (Fsp3) is 0.333. The molecule has 3 heterocycles. The van der Waals surface area contributed by atoms with Gasteiger partial charge in [0, 0.05) is 38.9 Å². The number of ether oxygens (including phenoxy) is 1. The van der Waals surface area contributed by atoms with Crippen molar-refractivity contribution in [3.05, 3.63) is 48.3 Å². The van der Waals surface area contributed by atoms with Crippen molar-refractivity contribution in [1.29, 1.82) is 0 Å². The largest absolute Gasteiger partial charge is 0.495 e. The smallest absolute Gasteiger partial charge is 0.186 e. The molecule has 24 heavy (non-hydrogen) atoms. The van der Waals surface area contributed by atoms with E-state index in [1.807, 2.05) is 30.5 Å². The van der Waals surface area contributed by atoms with E-state index in [-0.39, 0.29) is 0 Å². The molecule has 0 radical (unpaired) electrons. The molecule has 0 amide bonds. The van der Waals surface area contributed by atoms with E-state index in [9.17, 15) is 0 Å². The highest BCUT2D eigenvalue weighted by Crippen LogP contribution is 2.35. The van der Waals surface area contributed by atoms with Crippen LogP contribution in [0.5, 0.6) is 5.75 Å². The summed E-state index contributed by atoms with van der Waals surface area (Å²) in [4.78, 5) is 14.0. The molecule has 1 fully saturated rings. The molecule has 0 aliphatic carbocycles. The van der Waals surface area contributed by atoms with Gasteiger partial charge in [0.1, 0.15) is 5.75 Å². The Kier molecular flexibility index (Phi) is 4.32. The van der Waals surface area contributed by atoms with E-state index in [1.165, 1.54) is 0 Å². The Morgan fingerprint density at radius 1 is 1.08 bits per heavy atom. The number of benzene rings is 1. The number of nitrogens with zero attached hydrogens (tertiary/aromatic N) is 4. The minimum atomic E-state index is 0.907. The van der Waals surface area contributed by atoms with E-state index < -0.39 is 0 Å². The monoisotopic (exact) mass is 340 g/mol. The van der Waals surface area contributed by atoms with Gasteiger partial charge in [0.25, 0.3) is 0 Å². The molecule has 1 aliphatic heterocycles. The molecule has 124 valence electrons. The van der Waals surface area contributed by atoms with Crippen molar-refractivity contribution >= 4 is 26.7 Å². The topological polar surface area (TPSA) is 41.5 Å². The van der Waals surface area contributed by atoms with Crippen LogP contribution in [0.15, 0.2) is 42.6 Å². The van der Waals surface area contributed by atoms with E-state index in [1.54, 1.807) is 18.4 Å². The fourth-order valence-electron chi connectivity index (χ4n) is 3.03. The first-order valence-corrected chi connectivity index (χ1v) is 8.96. The number of methoxy groups -OCH3 is 1. The van der Waals surface area contributed by atoms with Crippen molar-refractivity contribution in [2.75, 3.05) is 38.2 Å². The summed E-state index contributed by atoms with van der Waals surface area (Å²) in [6.45, 7) is 4.97. The van der Waals surface area contributed by atoms with Crippen LogP contribution in [-0.2, 0) is 6.54 Å². The molecule has 2 aromatic heterocycles. The van der Waals surface area contributed by atoms with E-state index in [4.69, 9.17) is 9.72 Å². The highest BCUT2D eigenvalue weighted by atomic mass is 32.1. The lowest BCUT2D eigenvalue weighted by molar-refractivity contribution is 0.247. The van der Waals surface area contributed by atoms with Crippen molar-refractivity contribution in [2.45, 2.75) is 6.54 Å². The Bertz CT molecular complexity index is 812. The lowest BCUT2D eigenvalue weighted by atomic mass is 10.3. The molecule has 1 aromatic carbocycles. The maximum Gasteiger partial charge on any atom is 0.186 e. The van der Waals surface area contributed by atoms with Gasteiger partial charge in [-0.1, -0.05) is 23.5 Å². The normalized spacial score (nSPS) is 15.8. The summed E-state index contributed by atoms with van der Waals surface area (Å²) in [7, 11) is 1.71. The highest BCUT2D eigenvalue weighted by Gasteiger charge is 2.20. The first-order chi connectivity index (χ1) is 11.8. The van der Waals surface area contributed by atoms with Crippen LogP contribution >= 0.6 is 11.3 Å². The standard InChI is InChI=1S/C18H20N4OS/c1-23-16-7-4-6-15-17(16)24-18(20-15)22-11-9-21(10-12-22)13-14-5-2-3-8-19-14/h2-8H,9-13H2,1H3. The van der Waals surface area contributed by atoms with Crippen LogP contribution in [0.2, 0.25) is 0 Å². The van der Waals surface area contributed by atoms with Gasteiger partial charge in [0.2, 0.25) is 0 Å². The molecule has 1 aliphatic rings. The molecule has 3 aromatic rings. The number of pyridine rings is 1. The number of fused-ring (bicyclic) bond motifs is 1. The van der Waals surface area contributed by atoms with Crippen molar-refractivity contribution in [1.82, 2.24) is 14.9 Å². The summed E-state index contributed by atoms with van der Waals surface area (Å²) >= 11 is 1.72. The van der Waals surface area contributed by atoms with E-state index >= 15 is 0 Å². The summed E-state index contributed by atoms with van der Waals surface area (Å²) in [6.07, 6.45) is 1.86. The number of piperazine rings is 1. The predicted octanol–water partition coefficient (Wildman–Crippen LogP) is 3.02. The zero-order valence-electron chi connectivity index (χ0n) is 13.7. The summed E-state index contributed by atoms with van der Waals surface area (Å²) in [5.74, 6) is 0.907. The van der Waals surface area contributed by atoms with Gasteiger partial charge in [-0.25, -0.2) is 4.98 Å². The molecule has 0 unspecified atom stereocenters. The summed E-state index contributed by atoms with van der Waals surface area (Å²) in [5.41, 5.74) is 2.15. The third-order valence-electron chi connectivity index (χ3n) is 4.34. The zero-order chi connectivity index (χ0) is 16.4. The molecule has 6 heteroatoms. The second kappa shape index (κ2) is 6.75. The maximum absolute atomic E-state index is 5.45. The first kappa shape index (κ1) is 15.4. The van der Waals surface area contributed by atoms with E-state index in [0.29, 0.717) is 0 Å². The summed E-state index contributed by atoms with van der Waals surface area (Å²) in [5, 5.41) is 1.09. The Hall–Kier alpha value is -2.18. The zero-order valence-corrected chi connectivity index (χ0v) is 14.5. The Labute approximate surface area is 145 Å². The average Bonchev–Trinajstić information content (AvgIpc) is 3.07. The van der Waals surface area contributed by atoms with Crippen LogP contribution in [-0.4, -0.2) is 48.2 Å². The molecule has 0 saturated carbocycles. The van der Waals surface area contributed by atoms with Crippen LogP contribution in [0, 0.1) is 0 Å². The minimum absolute atomic E-state index is 0.907. The van der Waals surface area contributed by atoms with E-state index in [0.717, 1.165) is 59.5 Å². The molecular formula is C18H20N4OS. The van der Waals surface area contributed by atoms with Crippen LogP contribution < -0.4 is 9.64 Å². The van der Waals surface area contributed by atoms with Crippen molar-refractivity contribution in [2.24, 2.45) is 0 Å². The van der Waals surface area contributed by atoms with Gasteiger partial charge < -0.3 is 9.64 Å². The predicted molar refractivity (Wildman–Crippen MR) is 97.9 cm³/mol. The van der Waals surface area contributed by atoms with Crippen LogP contribution in [0.3, 0.4) is 0 Å². The fourth-order valence-corrected chi connectivity index (χ4v) is 4.13. The highest BCUT2D eigenvalue weighted by molar-refractivity contribution is 7.22. The number of rotatable bonds is 4. The average molecular weight is 340 g/mol.